The number of hydrogen-bond donors (Lipinski definition) is 1. The molecule has 1 amide bonds. The molecule has 5 nitrogen and oxygen atoms in total. The normalized spacial score (nSPS) is 12.7. The Labute approximate surface area is 179 Å². The van der Waals surface area contributed by atoms with Gasteiger partial charge < -0.3 is 14.8 Å². The van der Waals surface area contributed by atoms with E-state index in [1.807, 2.05) is 11.4 Å². The highest BCUT2D eigenvalue weighted by Crippen LogP contribution is 2.38. The van der Waals surface area contributed by atoms with E-state index in [4.69, 9.17) is 9.47 Å². The van der Waals surface area contributed by atoms with Crippen LogP contribution in [-0.2, 0) is 17.6 Å². The number of esters is 1. The molecule has 0 atom stereocenters. The van der Waals surface area contributed by atoms with E-state index in [2.05, 4.69) is 17.4 Å². The minimum atomic E-state index is -0.464. The molecule has 1 N–H and O–H groups in total. The summed E-state index contributed by atoms with van der Waals surface area (Å²) in [6.07, 6.45) is 4.57. The van der Waals surface area contributed by atoms with E-state index >= 15 is 0 Å². The van der Waals surface area contributed by atoms with Gasteiger partial charge in [0.25, 0.3) is 5.91 Å². The summed E-state index contributed by atoms with van der Waals surface area (Å²) in [7, 11) is 2.93. The number of fused-ring (bicyclic) bond motifs is 1. The number of hydrogen-bond acceptors (Lipinski definition) is 5. The number of carbonyl (C=O) groups excluding carboxylic acids is 2. The van der Waals surface area contributed by atoms with Crippen LogP contribution in [0.4, 0.5) is 5.00 Å². The molecule has 30 heavy (non-hydrogen) atoms. The summed E-state index contributed by atoms with van der Waals surface area (Å²) in [6.45, 7) is 0. The fraction of sp³-hybridized carbons (Fsp3) is 0.250. The summed E-state index contributed by atoms with van der Waals surface area (Å²) >= 11 is 1.33. The molecule has 1 heterocycles. The molecule has 0 spiro atoms. The molecule has 6 heteroatoms. The molecule has 0 saturated heterocycles. The van der Waals surface area contributed by atoms with Gasteiger partial charge in [0, 0.05) is 16.5 Å². The van der Waals surface area contributed by atoms with Crippen LogP contribution in [0.15, 0.2) is 47.8 Å². The van der Waals surface area contributed by atoms with Crippen molar-refractivity contribution in [3.8, 4) is 16.9 Å². The number of ether oxygens (including phenoxy) is 2. The van der Waals surface area contributed by atoms with E-state index in [0.717, 1.165) is 24.0 Å². The largest absolute Gasteiger partial charge is 0.497 e. The molecule has 1 aliphatic carbocycles. The summed E-state index contributed by atoms with van der Waals surface area (Å²) < 4.78 is 10.2. The Hall–Kier alpha value is -3.12. The highest BCUT2D eigenvalue weighted by atomic mass is 32.1. The van der Waals surface area contributed by atoms with Crippen molar-refractivity contribution in [3.63, 3.8) is 0 Å². The monoisotopic (exact) mass is 421 g/mol. The maximum Gasteiger partial charge on any atom is 0.341 e. The molecule has 3 aromatic rings. The highest BCUT2D eigenvalue weighted by Gasteiger charge is 2.23. The number of thiophene rings is 1. The molecule has 0 fully saturated rings. The minimum absolute atomic E-state index is 0.290. The second-order valence-electron chi connectivity index (χ2n) is 7.22. The molecular weight excluding hydrogens is 398 g/mol. The third-order valence-corrected chi connectivity index (χ3v) is 6.31. The number of carbonyl (C=O) groups is 2. The van der Waals surface area contributed by atoms with Crippen molar-refractivity contribution in [2.45, 2.75) is 25.7 Å². The number of amides is 1. The molecule has 4 rings (SSSR count). The topological polar surface area (TPSA) is 64.6 Å². The zero-order valence-electron chi connectivity index (χ0n) is 17.0. The second kappa shape index (κ2) is 8.71. The molecule has 2 aromatic carbocycles. The molecule has 1 aliphatic rings. The third kappa shape index (κ3) is 3.96. The van der Waals surface area contributed by atoms with Gasteiger partial charge in [0.15, 0.2) is 0 Å². The first-order chi connectivity index (χ1) is 14.6. The van der Waals surface area contributed by atoms with E-state index in [1.165, 1.54) is 42.4 Å². The van der Waals surface area contributed by atoms with Gasteiger partial charge in [-0.25, -0.2) is 4.79 Å². The molecule has 154 valence electrons. The quantitative estimate of drug-likeness (QED) is 0.565. The summed E-state index contributed by atoms with van der Waals surface area (Å²) in [5.41, 5.74) is 5.34. The Bertz CT molecular complexity index is 1090. The SMILES string of the molecule is COC(=O)c1c(-c2ccc3c(c2)CCCC3)csc1NC(=O)c1ccc(OC)cc1. The first kappa shape index (κ1) is 20.2. The fourth-order valence-electron chi connectivity index (χ4n) is 3.79. The molecular formula is C24H23NO4S. The van der Waals surface area contributed by atoms with E-state index in [-0.39, 0.29) is 5.91 Å². The zero-order valence-corrected chi connectivity index (χ0v) is 17.8. The Morgan fingerprint density at radius 2 is 1.70 bits per heavy atom. The van der Waals surface area contributed by atoms with Crippen LogP contribution >= 0.6 is 11.3 Å². The Balaban J connectivity index is 1.67. The third-order valence-electron chi connectivity index (χ3n) is 5.42. The van der Waals surface area contributed by atoms with Crippen molar-refractivity contribution in [3.05, 3.63) is 70.1 Å². The fourth-order valence-corrected chi connectivity index (χ4v) is 4.74. The van der Waals surface area contributed by atoms with Crippen LogP contribution in [0.2, 0.25) is 0 Å². The molecule has 0 saturated carbocycles. The van der Waals surface area contributed by atoms with E-state index in [1.54, 1.807) is 31.4 Å². The maximum atomic E-state index is 12.7. The lowest BCUT2D eigenvalue weighted by molar-refractivity contribution is 0.0603. The molecule has 0 aliphatic heterocycles. The van der Waals surface area contributed by atoms with Crippen LogP contribution in [0.5, 0.6) is 5.75 Å². The zero-order chi connectivity index (χ0) is 21.1. The van der Waals surface area contributed by atoms with Crippen LogP contribution in [0.3, 0.4) is 0 Å². The van der Waals surface area contributed by atoms with E-state index in [9.17, 15) is 9.59 Å². The molecule has 0 radical (unpaired) electrons. The van der Waals surface area contributed by atoms with Gasteiger partial charge in [-0.15, -0.1) is 11.3 Å². The first-order valence-corrected chi connectivity index (χ1v) is 10.8. The average Bonchev–Trinajstić information content (AvgIpc) is 3.21. The highest BCUT2D eigenvalue weighted by molar-refractivity contribution is 7.15. The van der Waals surface area contributed by atoms with Crippen LogP contribution in [-0.4, -0.2) is 26.1 Å². The van der Waals surface area contributed by atoms with Crippen molar-refractivity contribution in [2.75, 3.05) is 19.5 Å². The lowest BCUT2D eigenvalue weighted by atomic mass is 9.89. The average molecular weight is 422 g/mol. The molecule has 0 bridgehead atoms. The van der Waals surface area contributed by atoms with Crippen molar-refractivity contribution in [2.24, 2.45) is 0 Å². The Morgan fingerprint density at radius 1 is 0.967 bits per heavy atom. The minimum Gasteiger partial charge on any atom is -0.497 e. The van der Waals surface area contributed by atoms with Gasteiger partial charge in [-0.05, 0) is 66.6 Å². The van der Waals surface area contributed by atoms with Gasteiger partial charge in [-0.2, -0.15) is 0 Å². The first-order valence-electron chi connectivity index (χ1n) is 9.88. The van der Waals surface area contributed by atoms with Crippen molar-refractivity contribution >= 4 is 28.2 Å². The van der Waals surface area contributed by atoms with Gasteiger partial charge in [0.2, 0.25) is 0 Å². The smallest absolute Gasteiger partial charge is 0.341 e. The Kier molecular flexibility index (Phi) is 5.86. The van der Waals surface area contributed by atoms with Gasteiger partial charge in [-0.3, -0.25) is 4.79 Å². The predicted molar refractivity (Wildman–Crippen MR) is 119 cm³/mol. The maximum absolute atomic E-state index is 12.7. The number of anilines is 1. The van der Waals surface area contributed by atoms with Crippen LogP contribution < -0.4 is 10.1 Å². The predicted octanol–water partition coefficient (Wildman–Crippen LogP) is 5.34. The standard InChI is InChI=1S/C24H23NO4S/c1-28-19-11-9-16(10-12-19)22(26)25-23-21(24(27)29-2)20(14-30-23)18-8-7-15-5-3-4-6-17(15)13-18/h7-14H,3-6H2,1-2H3,(H,25,26). The number of aryl methyl sites for hydroxylation is 2. The number of benzene rings is 2. The van der Waals surface area contributed by atoms with Crippen LogP contribution in [0.25, 0.3) is 11.1 Å². The van der Waals surface area contributed by atoms with Crippen LogP contribution in [0.1, 0.15) is 44.7 Å². The summed E-state index contributed by atoms with van der Waals surface area (Å²) in [5, 5.41) is 5.26. The van der Waals surface area contributed by atoms with E-state index in [0.29, 0.717) is 21.9 Å². The number of rotatable bonds is 5. The van der Waals surface area contributed by atoms with Crippen molar-refractivity contribution in [1.82, 2.24) is 0 Å². The molecule has 1 aromatic heterocycles. The lowest BCUT2D eigenvalue weighted by Crippen LogP contribution is -2.14. The number of nitrogens with one attached hydrogen (secondary N) is 1. The van der Waals surface area contributed by atoms with Crippen molar-refractivity contribution in [1.29, 1.82) is 0 Å². The lowest BCUT2D eigenvalue weighted by Gasteiger charge is -2.16. The summed E-state index contributed by atoms with van der Waals surface area (Å²) in [4.78, 5) is 25.3. The summed E-state index contributed by atoms with van der Waals surface area (Å²) in [5.74, 6) is -0.0803. The van der Waals surface area contributed by atoms with Gasteiger partial charge >= 0.3 is 5.97 Å². The summed E-state index contributed by atoms with van der Waals surface area (Å²) in [6, 6.07) is 13.2. The van der Waals surface area contributed by atoms with Crippen LogP contribution in [0, 0.1) is 0 Å². The second-order valence-corrected chi connectivity index (χ2v) is 8.10. The van der Waals surface area contributed by atoms with Gasteiger partial charge in [-0.1, -0.05) is 18.2 Å². The van der Waals surface area contributed by atoms with Gasteiger partial charge in [0.1, 0.15) is 16.3 Å². The van der Waals surface area contributed by atoms with Gasteiger partial charge in [0.05, 0.1) is 14.2 Å². The Morgan fingerprint density at radius 3 is 2.40 bits per heavy atom. The molecule has 0 unspecified atom stereocenters. The van der Waals surface area contributed by atoms with Crippen molar-refractivity contribution < 1.29 is 19.1 Å². The number of methoxy groups -OCH3 is 2. The van der Waals surface area contributed by atoms with E-state index < -0.39 is 5.97 Å².